The molecule has 0 unspecified atom stereocenters. The van der Waals surface area contributed by atoms with Gasteiger partial charge in [-0.1, -0.05) is 60.7 Å². The van der Waals surface area contributed by atoms with Gasteiger partial charge in [-0.3, -0.25) is 4.79 Å². The van der Waals surface area contributed by atoms with E-state index in [9.17, 15) is 4.79 Å². The number of para-hydroxylation sites is 1. The van der Waals surface area contributed by atoms with Crippen molar-refractivity contribution in [1.29, 1.82) is 0 Å². The Labute approximate surface area is 160 Å². The number of methoxy groups -OCH3 is 1. The average molecular weight is 362 g/mol. The molecule has 0 saturated carbocycles. The van der Waals surface area contributed by atoms with Gasteiger partial charge in [-0.2, -0.15) is 0 Å². The Morgan fingerprint density at radius 2 is 1.74 bits per heavy atom. The fraction of sp³-hybridized carbons (Fsp3) is 0.261. The fourth-order valence-corrected chi connectivity index (χ4v) is 3.29. The van der Waals surface area contributed by atoms with Crippen molar-refractivity contribution < 1.29 is 9.53 Å². The van der Waals surface area contributed by atoms with E-state index < -0.39 is 0 Å². The van der Waals surface area contributed by atoms with E-state index in [1.54, 1.807) is 7.11 Å². The zero-order chi connectivity index (χ0) is 19.1. The highest BCUT2D eigenvalue weighted by atomic mass is 16.5. The van der Waals surface area contributed by atoms with Gasteiger partial charge in [0.05, 0.1) is 13.7 Å². The monoisotopic (exact) mass is 362 g/mol. The minimum absolute atomic E-state index is 0.00279. The minimum atomic E-state index is -0.00279. The lowest BCUT2D eigenvalue weighted by atomic mass is 10.00. The molecule has 0 aliphatic heterocycles. The van der Waals surface area contributed by atoms with Crippen LogP contribution in [0.2, 0.25) is 0 Å². The summed E-state index contributed by atoms with van der Waals surface area (Å²) in [6, 6.07) is 22.6. The second kappa shape index (κ2) is 9.19. The summed E-state index contributed by atoms with van der Waals surface area (Å²) in [6.45, 7) is 2.96. The predicted octanol–water partition coefficient (Wildman–Crippen LogP) is 3.86. The van der Waals surface area contributed by atoms with E-state index in [0.717, 1.165) is 17.7 Å². The van der Waals surface area contributed by atoms with Crippen LogP contribution >= 0.6 is 0 Å². The van der Waals surface area contributed by atoms with E-state index in [4.69, 9.17) is 4.74 Å². The SMILES string of the molecule is COc1ccccc1CCNC(=O)CN[C@@H](C)c1cccc2ccccc12. The standard InChI is InChI=1S/C23H26N2O2/c1-17(20-12-7-10-18-8-3-5-11-21(18)20)25-16-23(26)24-15-14-19-9-4-6-13-22(19)27-2/h3-13,17,25H,14-16H2,1-2H3,(H,24,26)/t17-/m0/s1. The van der Waals surface area contributed by atoms with Crippen molar-refractivity contribution in [2.75, 3.05) is 20.2 Å². The molecule has 1 atom stereocenters. The number of carbonyl (C=O) groups excluding carboxylic acids is 1. The van der Waals surface area contributed by atoms with Gasteiger partial charge in [0, 0.05) is 12.6 Å². The number of carbonyl (C=O) groups is 1. The zero-order valence-corrected chi connectivity index (χ0v) is 15.9. The molecule has 2 N–H and O–H groups in total. The Morgan fingerprint density at radius 1 is 1.00 bits per heavy atom. The summed E-state index contributed by atoms with van der Waals surface area (Å²) in [6.07, 6.45) is 0.745. The first kappa shape index (κ1) is 18.9. The molecule has 0 heterocycles. The topological polar surface area (TPSA) is 50.4 Å². The molecule has 0 aromatic heterocycles. The molecule has 3 rings (SSSR count). The molecule has 4 heteroatoms. The number of benzene rings is 3. The van der Waals surface area contributed by atoms with Gasteiger partial charge in [-0.25, -0.2) is 0 Å². The quantitative estimate of drug-likeness (QED) is 0.640. The predicted molar refractivity (Wildman–Crippen MR) is 110 cm³/mol. The van der Waals surface area contributed by atoms with Crippen LogP contribution < -0.4 is 15.4 Å². The van der Waals surface area contributed by atoms with Gasteiger partial charge in [0.15, 0.2) is 0 Å². The van der Waals surface area contributed by atoms with Crippen LogP contribution in [-0.2, 0) is 11.2 Å². The highest BCUT2D eigenvalue weighted by molar-refractivity contribution is 5.86. The highest BCUT2D eigenvalue weighted by Gasteiger charge is 2.10. The molecular formula is C23H26N2O2. The maximum Gasteiger partial charge on any atom is 0.233 e. The molecule has 1 amide bonds. The van der Waals surface area contributed by atoms with Crippen molar-refractivity contribution in [1.82, 2.24) is 10.6 Å². The van der Waals surface area contributed by atoms with Crippen LogP contribution in [0.5, 0.6) is 5.75 Å². The van der Waals surface area contributed by atoms with E-state index in [1.807, 2.05) is 36.4 Å². The normalized spacial score (nSPS) is 11.9. The highest BCUT2D eigenvalue weighted by Crippen LogP contribution is 2.23. The summed E-state index contributed by atoms with van der Waals surface area (Å²) in [5.74, 6) is 0.853. The van der Waals surface area contributed by atoms with Crippen molar-refractivity contribution in [3.05, 3.63) is 77.9 Å². The van der Waals surface area contributed by atoms with E-state index in [1.165, 1.54) is 16.3 Å². The number of fused-ring (bicyclic) bond motifs is 1. The summed E-state index contributed by atoms with van der Waals surface area (Å²) >= 11 is 0. The molecule has 27 heavy (non-hydrogen) atoms. The third kappa shape index (κ3) is 4.86. The summed E-state index contributed by atoms with van der Waals surface area (Å²) in [5, 5.41) is 8.73. The number of ether oxygens (including phenoxy) is 1. The van der Waals surface area contributed by atoms with Crippen molar-refractivity contribution in [2.24, 2.45) is 0 Å². The lowest BCUT2D eigenvalue weighted by molar-refractivity contribution is -0.120. The third-order valence-electron chi connectivity index (χ3n) is 4.77. The van der Waals surface area contributed by atoms with Crippen molar-refractivity contribution in [3.8, 4) is 5.75 Å². The van der Waals surface area contributed by atoms with Gasteiger partial charge >= 0.3 is 0 Å². The molecule has 0 bridgehead atoms. The second-order valence-corrected chi connectivity index (χ2v) is 6.58. The zero-order valence-electron chi connectivity index (χ0n) is 15.9. The maximum absolute atomic E-state index is 12.2. The first-order chi connectivity index (χ1) is 13.2. The maximum atomic E-state index is 12.2. The minimum Gasteiger partial charge on any atom is -0.496 e. The molecule has 0 aliphatic rings. The Morgan fingerprint density at radius 3 is 2.59 bits per heavy atom. The van der Waals surface area contributed by atoms with Gasteiger partial charge in [0.2, 0.25) is 5.91 Å². The fourth-order valence-electron chi connectivity index (χ4n) is 3.29. The average Bonchev–Trinajstić information content (AvgIpc) is 2.72. The van der Waals surface area contributed by atoms with Gasteiger partial charge < -0.3 is 15.4 Å². The van der Waals surface area contributed by atoms with E-state index in [-0.39, 0.29) is 18.5 Å². The summed E-state index contributed by atoms with van der Waals surface area (Å²) in [4.78, 5) is 12.2. The van der Waals surface area contributed by atoms with Gasteiger partial charge in [0.25, 0.3) is 0 Å². The van der Waals surface area contributed by atoms with Crippen LogP contribution in [0.25, 0.3) is 10.8 Å². The number of nitrogens with one attached hydrogen (secondary N) is 2. The van der Waals surface area contributed by atoms with E-state index in [0.29, 0.717) is 6.54 Å². The van der Waals surface area contributed by atoms with Crippen LogP contribution in [0, 0.1) is 0 Å². The molecule has 4 nitrogen and oxygen atoms in total. The van der Waals surface area contributed by atoms with Gasteiger partial charge in [-0.15, -0.1) is 0 Å². The Bertz CT molecular complexity index is 902. The lowest BCUT2D eigenvalue weighted by Gasteiger charge is -2.16. The molecule has 0 fully saturated rings. The first-order valence-corrected chi connectivity index (χ1v) is 9.28. The van der Waals surface area contributed by atoms with Crippen molar-refractivity contribution in [3.63, 3.8) is 0 Å². The largest absolute Gasteiger partial charge is 0.496 e. The number of hydrogen-bond donors (Lipinski definition) is 2. The van der Waals surface area contributed by atoms with Gasteiger partial charge in [0.1, 0.15) is 5.75 Å². The Kier molecular flexibility index (Phi) is 6.44. The smallest absolute Gasteiger partial charge is 0.233 e. The van der Waals surface area contributed by atoms with Crippen molar-refractivity contribution >= 4 is 16.7 Å². The molecule has 3 aromatic rings. The van der Waals surface area contributed by atoms with Gasteiger partial charge in [-0.05, 0) is 41.3 Å². The van der Waals surface area contributed by atoms with E-state index in [2.05, 4.69) is 47.9 Å². The number of amides is 1. The lowest BCUT2D eigenvalue weighted by Crippen LogP contribution is -2.36. The summed E-state index contributed by atoms with van der Waals surface area (Å²) in [5.41, 5.74) is 2.30. The molecule has 0 radical (unpaired) electrons. The molecule has 3 aromatic carbocycles. The van der Waals surface area contributed by atoms with E-state index >= 15 is 0 Å². The first-order valence-electron chi connectivity index (χ1n) is 9.28. The van der Waals surface area contributed by atoms with Crippen LogP contribution in [0.15, 0.2) is 66.7 Å². The molecule has 0 spiro atoms. The number of hydrogen-bond acceptors (Lipinski definition) is 3. The molecular weight excluding hydrogens is 336 g/mol. The summed E-state index contributed by atoms with van der Waals surface area (Å²) < 4.78 is 5.34. The van der Waals surface area contributed by atoms with Crippen molar-refractivity contribution in [2.45, 2.75) is 19.4 Å². The van der Waals surface area contributed by atoms with Crippen LogP contribution in [0.1, 0.15) is 24.1 Å². The Hall–Kier alpha value is -2.85. The Balaban J connectivity index is 1.50. The van der Waals surface area contributed by atoms with Crippen LogP contribution in [-0.4, -0.2) is 26.1 Å². The third-order valence-corrected chi connectivity index (χ3v) is 4.77. The molecule has 140 valence electrons. The van der Waals surface area contributed by atoms with Crippen LogP contribution in [0.3, 0.4) is 0 Å². The molecule has 0 saturated heterocycles. The summed E-state index contributed by atoms with van der Waals surface area (Å²) in [7, 11) is 1.66. The second-order valence-electron chi connectivity index (χ2n) is 6.58. The van der Waals surface area contributed by atoms with Crippen LogP contribution in [0.4, 0.5) is 0 Å². The number of rotatable bonds is 8. The molecule has 0 aliphatic carbocycles.